The highest BCUT2D eigenvalue weighted by molar-refractivity contribution is 9.10. The molecular formula is C17H16BrNO. The first-order valence-electron chi connectivity index (χ1n) is 6.44. The number of carbonyl (C=O) groups excluding carboxylic acids is 1. The number of hydrogen-bond donors (Lipinski definition) is 1. The van der Waals surface area contributed by atoms with E-state index >= 15 is 0 Å². The molecule has 0 saturated carbocycles. The fourth-order valence-corrected chi connectivity index (χ4v) is 2.27. The summed E-state index contributed by atoms with van der Waals surface area (Å²) in [7, 11) is 0. The lowest BCUT2D eigenvalue weighted by molar-refractivity contribution is -0.117. The van der Waals surface area contributed by atoms with Crippen LogP contribution in [-0.4, -0.2) is 5.91 Å². The van der Waals surface area contributed by atoms with E-state index in [4.69, 9.17) is 0 Å². The Hall–Kier alpha value is -1.87. The van der Waals surface area contributed by atoms with Crippen LogP contribution in [0.2, 0.25) is 0 Å². The summed E-state index contributed by atoms with van der Waals surface area (Å²) >= 11 is 3.43. The van der Waals surface area contributed by atoms with Crippen LogP contribution in [0.3, 0.4) is 0 Å². The molecule has 0 fully saturated rings. The Balaban J connectivity index is 1.96. The lowest BCUT2D eigenvalue weighted by Gasteiger charge is -2.13. The number of nitrogens with one attached hydrogen (secondary N) is 1. The number of rotatable bonds is 4. The summed E-state index contributed by atoms with van der Waals surface area (Å²) in [6.45, 7) is 1.97. The molecule has 0 bridgehead atoms. The first kappa shape index (κ1) is 14.5. The minimum absolute atomic E-state index is 0.0274. The second kappa shape index (κ2) is 7.06. The molecule has 0 unspecified atom stereocenters. The van der Waals surface area contributed by atoms with Crippen LogP contribution >= 0.6 is 15.9 Å². The van der Waals surface area contributed by atoms with Gasteiger partial charge in [-0.05, 0) is 36.3 Å². The molecule has 2 nitrogen and oxygen atoms in total. The maximum atomic E-state index is 11.9. The predicted molar refractivity (Wildman–Crippen MR) is 86.2 cm³/mol. The highest BCUT2D eigenvalue weighted by atomic mass is 79.9. The van der Waals surface area contributed by atoms with E-state index in [9.17, 15) is 4.79 Å². The van der Waals surface area contributed by atoms with E-state index in [2.05, 4.69) is 21.2 Å². The van der Waals surface area contributed by atoms with Gasteiger partial charge in [0.2, 0.25) is 5.91 Å². The summed E-state index contributed by atoms with van der Waals surface area (Å²) in [6, 6.07) is 17.7. The zero-order valence-electron chi connectivity index (χ0n) is 11.2. The number of benzene rings is 2. The lowest BCUT2D eigenvalue weighted by Crippen LogP contribution is -2.24. The van der Waals surface area contributed by atoms with Gasteiger partial charge in [0.05, 0.1) is 6.04 Å². The largest absolute Gasteiger partial charge is 0.346 e. The third kappa shape index (κ3) is 4.35. The first-order valence-corrected chi connectivity index (χ1v) is 7.23. The van der Waals surface area contributed by atoms with Gasteiger partial charge in [-0.2, -0.15) is 0 Å². The second-order valence-electron chi connectivity index (χ2n) is 4.53. The lowest BCUT2D eigenvalue weighted by atomic mass is 10.1. The van der Waals surface area contributed by atoms with Crippen LogP contribution in [0.25, 0.3) is 6.08 Å². The topological polar surface area (TPSA) is 29.1 Å². The van der Waals surface area contributed by atoms with Crippen LogP contribution in [0.1, 0.15) is 24.1 Å². The van der Waals surface area contributed by atoms with Gasteiger partial charge in [-0.3, -0.25) is 4.79 Å². The Morgan fingerprint density at radius 1 is 1.15 bits per heavy atom. The van der Waals surface area contributed by atoms with Gasteiger partial charge in [-0.25, -0.2) is 0 Å². The molecule has 0 heterocycles. The van der Waals surface area contributed by atoms with Crippen LogP contribution in [0.15, 0.2) is 65.1 Å². The molecule has 0 aliphatic heterocycles. The van der Waals surface area contributed by atoms with Gasteiger partial charge >= 0.3 is 0 Å². The number of halogens is 1. The van der Waals surface area contributed by atoms with Crippen LogP contribution in [0.4, 0.5) is 0 Å². The molecule has 0 spiro atoms. The Morgan fingerprint density at radius 3 is 2.60 bits per heavy atom. The van der Waals surface area contributed by atoms with Crippen molar-refractivity contribution in [3.63, 3.8) is 0 Å². The van der Waals surface area contributed by atoms with E-state index in [1.807, 2.05) is 67.6 Å². The van der Waals surface area contributed by atoms with Crippen molar-refractivity contribution in [2.24, 2.45) is 0 Å². The van der Waals surface area contributed by atoms with Gasteiger partial charge < -0.3 is 5.32 Å². The molecular weight excluding hydrogens is 314 g/mol. The van der Waals surface area contributed by atoms with Gasteiger partial charge in [0.15, 0.2) is 0 Å². The van der Waals surface area contributed by atoms with Gasteiger partial charge in [-0.1, -0.05) is 58.4 Å². The Kier molecular flexibility index (Phi) is 5.13. The zero-order valence-corrected chi connectivity index (χ0v) is 12.8. The minimum atomic E-state index is -0.0960. The summed E-state index contributed by atoms with van der Waals surface area (Å²) in [6.07, 6.45) is 3.37. The maximum Gasteiger partial charge on any atom is 0.244 e. The van der Waals surface area contributed by atoms with Crippen molar-refractivity contribution < 1.29 is 4.79 Å². The molecule has 0 aromatic heterocycles. The van der Waals surface area contributed by atoms with Crippen LogP contribution < -0.4 is 5.32 Å². The number of amides is 1. The molecule has 20 heavy (non-hydrogen) atoms. The van der Waals surface area contributed by atoms with Crippen molar-refractivity contribution in [1.29, 1.82) is 0 Å². The molecule has 3 heteroatoms. The number of hydrogen-bond acceptors (Lipinski definition) is 1. The molecule has 0 radical (unpaired) electrons. The Labute approximate surface area is 127 Å². The van der Waals surface area contributed by atoms with Crippen LogP contribution in [-0.2, 0) is 4.79 Å². The zero-order chi connectivity index (χ0) is 14.4. The fraction of sp³-hybridized carbons (Fsp3) is 0.118. The van der Waals surface area contributed by atoms with Gasteiger partial charge in [0, 0.05) is 10.5 Å². The third-order valence-corrected chi connectivity index (χ3v) is 3.43. The van der Waals surface area contributed by atoms with Gasteiger partial charge in [0.1, 0.15) is 0 Å². The predicted octanol–water partition coefficient (Wildman–Crippen LogP) is 4.34. The fourth-order valence-electron chi connectivity index (χ4n) is 1.86. The SMILES string of the molecule is C[C@@H](NC(=O)/C=C\c1ccccc1)c1cccc(Br)c1. The molecule has 1 atom stereocenters. The van der Waals surface area contributed by atoms with Gasteiger partial charge in [0.25, 0.3) is 0 Å². The third-order valence-electron chi connectivity index (χ3n) is 2.93. The molecule has 1 N–H and O–H groups in total. The van der Waals surface area contributed by atoms with E-state index in [0.717, 1.165) is 15.6 Å². The maximum absolute atomic E-state index is 11.9. The molecule has 0 aliphatic rings. The van der Waals surface area contributed by atoms with Crippen LogP contribution in [0.5, 0.6) is 0 Å². The number of carbonyl (C=O) groups is 1. The van der Waals surface area contributed by atoms with E-state index in [-0.39, 0.29) is 11.9 Å². The molecule has 2 rings (SSSR count). The molecule has 0 saturated heterocycles. The van der Waals surface area contributed by atoms with Crippen molar-refractivity contribution >= 4 is 27.9 Å². The smallest absolute Gasteiger partial charge is 0.244 e. The highest BCUT2D eigenvalue weighted by Crippen LogP contribution is 2.17. The summed E-state index contributed by atoms with van der Waals surface area (Å²) in [5.74, 6) is -0.0960. The van der Waals surface area contributed by atoms with Crippen molar-refractivity contribution in [1.82, 2.24) is 5.32 Å². The Bertz CT molecular complexity index is 607. The average Bonchev–Trinajstić information content (AvgIpc) is 2.46. The first-order chi connectivity index (χ1) is 9.65. The normalized spacial score (nSPS) is 12.3. The molecule has 0 aliphatic carbocycles. The summed E-state index contributed by atoms with van der Waals surface area (Å²) in [4.78, 5) is 11.9. The average molecular weight is 330 g/mol. The molecule has 2 aromatic carbocycles. The standard InChI is InChI=1S/C17H16BrNO/c1-13(15-8-5-9-16(18)12-15)19-17(20)11-10-14-6-3-2-4-7-14/h2-13H,1H3,(H,19,20)/b11-10-/t13-/m1/s1. The summed E-state index contributed by atoms with van der Waals surface area (Å²) in [5.41, 5.74) is 2.08. The summed E-state index contributed by atoms with van der Waals surface area (Å²) < 4.78 is 1.01. The molecule has 1 amide bonds. The van der Waals surface area contributed by atoms with Crippen molar-refractivity contribution in [3.8, 4) is 0 Å². The Morgan fingerprint density at radius 2 is 1.90 bits per heavy atom. The van der Waals surface area contributed by atoms with E-state index < -0.39 is 0 Å². The van der Waals surface area contributed by atoms with Crippen molar-refractivity contribution in [2.45, 2.75) is 13.0 Å². The van der Waals surface area contributed by atoms with Gasteiger partial charge in [-0.15, -0.1) is 0 Å². The van der Waals surface area contributed by atoms with E-state index in [1.54, 1.807) is 6.08 Å². The van der Waals surface area contributed by atoms with E-state index in [1.165, 1.54) is 0 Å². The quantitative estimate of drug-likeness (QED) is 0.830. The highest BCUT2D eigenvalue weighted by Gasteiger charge is 2.07. The monoisotopic (exact) mass is 329 g/mol. The van der Waals surface area contributed by atoms with E-state index in [0.29, 0.717) is 0 Å². The second-order valence-corrected chi connectivity index (χ2v) is 5.44. The molecule has 102 valence electrons. The molecule has 2 aromatic rings. The van der Waals surface area contributed by atoms with Crippen molar-refractivity contribution in [3.05, 3.63) is 76.3 Å². The van der Waals surface area contributed by atoms with Crippen LogP contribution in [0, 0.1) is 0 Å². The van der Waals surface area contributed by atoms with Crippen molar-refractivity contribution in [2.75, 3.05) is 0 Å². The minimum Gasteiger partial charge on any atom is -0.346 e. The summed E-state index contributed by atoms with van der Waals surface area (Å²) in [5, 5.41) is 2.95.